The van der Waals surface area contributed by atoms with Crippen LogP contribution < -0.4 is 10.1 Å². The quantitative estimate of drug-likeness (QED) is 0.548. The van der Waals surface area contributed by atoms with Crippen molar-refractivity contribution in [2.24, 2.45) is 5.92 Å². The zero-order chi connectivity index (χ0) is 20.8. The van der Waals surface area contributed by atoms with Crippen molar-refractivity contribution < 1.29 is 19.6 Å². The minimum atomic E-state index is -0.547. The second kappa shape index (κ2) is 9.49. The average Bonchev–Trinajstić information content (AvgIpc) is 2.74. The Labute approximate surface area is 169 Å². The Bertz CT molecular complexity index is 851. The molecular weight excluding hydrogens is 374 g/mol. The summed E-state index contributed by atoms with van der Waals surface area (Å²) in [5.41, 5.74) is 0.855. The van der Waals surface area contributed by atoms with E-state index in [9.17, 15) is 20.0 Å². The molecule has 0 aliphatic carbocycles. The number of nitrogens with zero attached hydrogens (tertiary/aromatic N) is 2. The molecule has 0 bridgehead atoms. The van der Waals surface area contributed by atoms with E-state index < -0.39 is 11.0 Å². The van der Waals surface area contributed by atoms with E-state index in [1.807, 2.05) is 35.2 Å². The van der Waals surface area contributed by atoms with Crippen LogP contribution in [0.25, 0.3) is 0 Å². The lowest BCUT2D eigenvalue weighted by atomic mass is 9.87. The molecule has 1 amide bonds. The summed E-state index contributed by atoms with van der Waals surface area (Å²) in [4.78, 5) is 25.1. The topological polar surface area (TPSA) is 105 Å². The number of anilines is 1. The van der Waals surface area contributed by atoms with Crippen LogP contribution in [0, 0.1) is 16.0 Å². The van der Waals surface area contributed by atoms with Gasteiger partial charge in [-0.1, -0.05) is 30.3 Å². The van der Waals surface area contributed by atoms with E-state index in [4.69, 9.17) is 4.74 Å². The SMILES string of the molecule is COc1ccc(NC(=O)CN2CCC([C@@H](O)c3ccccc3)CC2)c([N+](=O)[O-])c1. The summed E-state index contributed by atoms with van der Waals surface area (Å²) >= 11 is 0. The fourth-order valence-electron chi connectivity index (χ4n) is 3.64. The Balaban J connectivity index is 1.53. The summed E-state index contributed by atoms with van der Waals surface area (Å²) in [6, 6.07) is 13.9. The van der Waals surface area contributed by atoms with Crippen molar-refractivity contribution in [3.8, 4) is 5.75 Å². The summed E-state index contributed by atoms with van der Waals surface area (Å²) in [5, 5.41) is 24.4. The van der Waals surface area contributed by atoms with Crippen LogP contribution in [0.15, 0.2) is 48.5 Å². The van der Waals surface area contributed by atoms with Gasteiger partial charge in [-0.3, -0.25) is 19.8 Å². The third kappa shape index (κ3) is 5.30. The van der Waals surface area contributed by atoms with Crippen LogP contribution in [-0.2, 0) is 4.79 Å². The lowest BCUT2D eigenvalue weighted by Gasteiger charge is -2.33. The van der Waals surface area contributed by atoms with Gasteiger partial charge in [0.05, 0.1) is 30.7 Å². The Kier molecular flexibility index (Phi) is 6.79. The first kappa shape index (κ1) is 20.8. The van der Waals surface area contributed by atoms with Gasteiger partial charge in [0.15, 0.2) is 0 Å². The maximum Gasteiger partial charge on any atom is 0.296 e. The van der Waals surface area contributed by atoms with Crippen LogP contribution in [-0.4, -0.2) is 47.6 Å². The molecule has 154 valence electrons. The Morgan fingerprint density at radius 2 is 1.97 bits per heavy atom. The molecule has 1 saturated heterocycles. The van der Waals surface area contributed by atoms with Crippen LogP contribution in [0.4, 0.5) is 11.4 Å². The smallest absolute Gasteiger partial charge is 0.296 e. The number of nitro benzene ring substituents is 1. The van der Waals surface area contributed by atoms with E-state index in [2.05, 4.69) is 5.32 Å². The molecule has 0 saturated carbocycles. The number of carbonyl (C=O) groups excluding carboxylic acids is 1. The molecule has 1 heterocycles. The molecule has 2 aromatic rings. The maximum atomic E-state index is 12.4. The lowest BCUT2D eigenvalue weighted by Crippen LogP contribution is -2.40. The number of carbonyl (C=O) groups is 1. The molecular formula is C21H25N3O5. The van der Waals surface area contributed by atoms with Crippen molar-refractivity contribution in [1.29, 1.82) is 0 Å². The number of nitro groups is 1. The summed E-state index contributed by atoms with van der Waals surface area (Å²) in [6.45, 7) is 1.52. The summed E-state index contributed by atoms with van der Waals surface area (Å²) in [5.74, 6) is 0.202. The van der Waals surface area contributed by atoms with Crippen molar-refractivity contribution in [2.75, 3.05) is 32.1 Å². The highest BCUT2D eigenvalue weighted by molar-refractivity contribution is 5.94. The number of benzene rings is 2. The van der Waals surface area contributed by atoms with Gasteiger partial charge >= 0.3 is 0 Å². The third-order valence-electron chi connectivity index (χ3n) is 5.26. The van der Waals surface area contributed by atoms with Gasteiger partial charge in [-0.05, 0) is 49.5 Å². The first-order valence-electron chi connectivity index (χ1n) is 9.55. The van der Waals surface area contributed by atoms with Gasteiger partial charge < -0.3 is 15.2 Å². The predicted molar refractivity (Wildman–Crippen MR) is 109 cm³/mol. The summed E-state index contributed by atoms with van der Waals surface area (Å²) in [7, 11) is 1.43. The molecule has 8 nitrogen and oxygen atoms in total. The van der Waals surface area contributed by atoms with Crippen molar-refractivity contribution in [3.05, 3.63) is 64.2 Å². The van der Waals surface area contributed by atoms with Crippen molar-refractivity contribution in [1.82, 2.24) is 4.90 Å². The van der Waals surface area contributed by atoms with Gasteiger partial charge in [0, 0.05) is 0 Å². The van der Waals surface area contributed by atoms with E-state index >= 15 is 0 Å². The fraction of sp³-hybridized carbons (Fsp3) is 0.381. The van der Waals surface area contributed by atoms with Gasteiger partial charge in [-0.2, -0.15) is 0 Å². The van der Waals surface area contributed by atoms with Crippen LogP contribution in [0.1, 0.15) is 24.5 Å². The average molecular weight is 399 g/mol. The lowest BCUT2D eigenvalue weighted by molar-refractivity contribution is -0.384. The second-order valence-corrected chi connectivity index (χ2v) is 7.16. The molecule has 29 heavy (non-hydrogen) atoms. The fourth-order valence-corrected chi connectivity index (χ4v) is 3.64. The van der Waals surface area contributed by atoms with Gasteiger partial charge in [0.1, 0.15) is 11.4 Å². The number of aliphatic hydroxyl groups excluding tert-OH is 1. The molecule has 2 aromatic carbocycles. The van der Waals surface area contributed by atoms with Gasteiger partial charge in [-0.25, -0.2) is 0 Å². The van der Waals surface area contributed by atoms with E-state index in [1.54, 1.807) is 6.07 Å². The van der Waals surface area contributed by atoms with Crippen molar-refractivity contribution in [2.45, 2.75) is 18.9 Å². The highest BCUT2D eigenvalue weighted by Gasteiger charge is 2.27. The van der Waals surface area contributed by atoms with Gasteiger partial charge in [0.25, 0.3) is 5.69 Å². The zero-order valence-corrected chi connectivity index (χ0v) is 16.3. The maximum absolute atomic E-state index is 12.4. The van der Waals surface area contributed by atoms with E-state index in [-0.39, 0.29) is 29.7 Å². The number of rotatable bonds is 7. The monoisotopic (exact) mass is 399 g/mol. The number of methoxy groups -OCH3 is 1. The van der Waals surface area contributed by atoms with E-state index in [0.29, 0.717) is 18.8 Å². The third-order valence-corrected chi connectivity index (χ3v) is 5.26. The largest absolute Gasteiger partial charge is 0.496 e. The molecule has 1 atom stereocenters. The van der Waals surface area contributed by atoms with Crippen LogP contribution >= 0.6 is 0 Å². The number of likely N-dealkylation sites (tertiary alicyclic amines) is 1. The molecule has 0 spiro atoms. The van der Waals surface area contributed by atoms with E-state index in [1.165, 1.54) is 19.2 Å². The highest BCUT2D eigenvalue weighted by atomic mass is 16.6. The normalized spacial score (nSPS) is 16.2. The number of hydrogen-bond donors (Lipinski definition) is 2. The molecule has 2 N–H and O–H groups in total. The summed E-state index contributed by atoms with van der Waals surface area (Å²) in [6.07, 6.45) is 1.06. The Hall–Kier alpha value is -2.97. The molecule has 1 aliphatic rings. The first-order chi connectivity index (χ1) is 14.0. The molecule has 1 aliphatic heterocycles. The molecule has 0 unspecified atom stereocenters. The first-order valence-corrected chi connectivity index (χ1v) is 9.55. The Morgan fingerprint density at radius 3 is 2.59 bits per heavy atom. The van der Waals surface area contributed by atoms with Crippen LogP contribution in [0.5, 0.6) is 5.75 Å². The molecule has 0 aromatic heterocycles. The number of nitrogens with one attached hydrogen (secondary N) is 1. The van der Waals surface area contributed by atoms with Crippen molar-refractivity contribution in [3.63, 3.8) is 0 Å². The van der Waals surface area contributed by atoms with Gasteiger partial charge in [-0.15, -0.1) is 0 Å². The van der Waals surface area contributed by atoms with Crippen LogP contribution in [0.2, 0.25) is 0 Å². The van der Waals surface area contributed by atoms with Gasteiger partial charge in [0.2, 0.25) is 5.91 Å². The zero-order valence-electron chi connectivity index (χ0n) is 16.3. The van der Waals surface area contributed by atoms with E-state index in [0.717, 1.165) is 18.4 Å². The predicted octanol–water partition coefficient (Wildman–Crippen LogP) is 2.99. The number of hydrogen-bond acceptors (Lipinski definition) is 6. The summed E-state index contributed by atoms with van der Waals surface area (Å²) < 4.78 is 5.00. The number of amides is 1. The molecule has 8 heteroatoms. The minimum Gasteiger partial charge on any atom is -0.496 e. The Morgan fingerprint density at radius 1 is 1.28 bits per heavy atom. The standard InChI is InChI=1S/C21H25N3O5/c1-29-17-7-8-18(19(13-17)24(27)28)22-20(25)14-23-11-9-16(10-12-23)21(26)15-5-3-2-4-6-15/h2-8,13,16,21,26H,9-12,14H2,1H3,(H,22,25)/t21-/m0/s1. The second-order valence-electron chi connectivity index (χ2n) is 7.16. The van der Waals surface area contributed by atoms with Crippen LogP contribution in [0.3, 0.4) is 0 Å². The highest BCUT2D eigenvalue weighted by Crippen LogP contribution is 2.31. The minimum absolute atomic E-state index is 0.148. The molecule has 1 fully saturated rings. The van der Waals surface area contributed by atoms with Crippen molar-refractivity contribution >= 4 is 17.3 Å². The number of ether oxygens (including phenoxy) is 1. The molecule has 0 radical (unpaired) electrons. The molecule has 3 rings (SSSR count). The number of piperidine rings is 1. The number of aliphatic hydroxyl groups is 1.